The summed E-state index contributed by atoms with van der Waals surface area (Å²) in [6.07, 6.45) is 4.10. The Kier molecular flexibility index (Phi) is 6.62. The van der Waals surface area contributed by atoms with Crippen molar-refractivity contribution < 1.29 is 4.74 Å². The summed E-state index contributed by atoms with van der Waals surface area (Å²) in [5, 5.41) is 0. The zero-order valence-electron chi connectivity index (χ0n) is 16.1. The van der Waals surface area contributed by atoms with E-state index in [4.69, 9.17) is 4.74 Å². The van der Waals surface area contributed by atoms with Gasteiger partial charge in [0, 0.05) is 6.61 Å². The van der Waals surface area contributed by atoms with Crippen molar-refractivity contribution in [3.8, 4) is 0 Å². The monoisotopic (exact) mass is 356 g/mol. The lowest BCUT2D eigenvalue weighted by Crippen LogP contribution is -2.33. The number of rotatable bonds is 9. The molecule has 0 aliphatic rings. The number of allylic oxidation sites excluding steroid dienone is 1. The van der Waals surface area contributed by atoms with Gasteiger partial charge in [-0.05, 0) is 35.4 Å². The Balaban J connectivity index is 2.04. The first-order valence-electron chi connectivity index (χ1n) is 9.70. The molecule has 3 aromatic carbocycles. The highest BCUT2D eigenvalue weighted by Crippen LogP contribution is 2.40. The second-order valence-corrected chi connectivity index (χ2v) is 6.98. The molecular weight excluding hydrogens is 328 g/mol. The largest absolute Gasteiger partial charge is 0.361 e. The van der Waals surface area contributed by atoms with Crippen LogP contribution in [0.1, 0.15) is 36.5 Å². The van der Waals surface area contributed by atoms with Crippen molar-refractivity contribution in [1.29, 1.82) is 0 Å². The smallest absolute Gasteiger partial charge is 0.143 e. The van der Waals surface area contributed by atoms with E-state index in [-0.39, 0.29) is 0 Å². The SMILES string of the molecule is C=C[C@@H](C)CCCOC(c1ccccc1)(c1ccccc1)c1ccccc1. The molecule has 0 amide bonds. The average Bonchev–Trinajstić information content (AvgIpc) is 2.75. The van der Waals surface area contributed by atoms with E-state index < -0.39 is 5.60 Å². The summed E-state index contributed by atoms with van der Waals surface area (Å²) in [4.78, 5) is 0. The summed E-state index contributed by atoms with van der Waals surface area (Å²) in [6, 6.07) is 31.6. The highest BCUT2D eigenvalue weighted by atomic mass is 16.5. The third-order valence-corrected chi connectivity index (χ3v) is 5.07. The summed E-state index contributed by atoms with van der Waals surface area (Å²) in [5.74, 6) is 0.508. The first-order valence-corrected chi connectivity index (χ1v) is 9.70. The van der Waals surface area contributed by atoms with Crippen LogP contribution in [0.15, 0.2) is 104 Å². The second kappa shape index (κ2) is 9.34. The van der Waals surface area contributed by atoms with Crippen LogP contribution < -0.4 is 0 Å². The van der Waals surface area contributed by atoms with Crippen molar-refractivity contribution in [2.24, 2.45) is 5.92 Å². The van der Waals surface area contributed by atoms with Crippen molar-refractivity contribution >= 4 is 0 Å². The summed E-state index contributed by atoms with van der Waals surface area (Å²) in [6.45, 7) is 6.78. The highest BCUT2D eigenvalue weighted by Gasteiger charge is 2.37. The van der Waals surface area contributed by atoms with Gasteiger partial charge in [-0.3, -0.25) is 0 Å². The molecule has 0 spiro atoms. The van der Waals surface area contributed by atoms with Crippen LogP contribution in [-0.2, 0) is 10.3 Å². The standard InChI is InChI=1S/C26H28O/c1-3-22(2)14-13-21-27-26(23-15-7-4-8-16-23,24-17-9-5-10-18-24)25-19-11-6-12-20-25/h3-12,15-20,22H,1,13-14,21H2,2H3/t22-/m1/s1. The van der Waals surface area contributed by atoms with Gasteiger partial charge >= 0.3 is 0 Å². The van der Waals surface area contributed by atoms with E-state index in [1.807, 2.05) is 6.08 Å². The van der Waals surface area contributed by atoms with Crippen molar-refractivity contribution in [1.82, 2.24) is 0 Å². The third kappa shape index (κ3) is 4.37. The molecule has 138 valence electrons. The molecule has 0 unspecified atom stereocenters. The van der Waals surface area contributed by atoms with E-state index in [0.717, 1.165) is 29.5 Å². The van der Waals surface area contributed by atoms with Gasteiger partial charge in [-0.15, -0.1) is 6.58 Å². The molecule has 0 saturated carbocycles. The normalized spacial score (nSPS) is 12.5. The Morgan fingerprint density at radius 2 is 1.19 bits per heavy atom. The molecule has 0 fully saturated rings. The van der Waals surface area contributed by atoms with Crippen LogP contribution in [0.25, 0.3) is 0 Å². The number of hydrogen-bond donors (Lipinski definition) is 0. The first-order chi connectivity index (χ1) is 13.3. The summed E-state index contributed by atoms with van der Waals surface area (Å²) >= 11 is 0. The molecule has 0 aromatic heterocycles. The van der Waals surface area contributed by atoms with Gasteiger partial charge in [0.15, 0.2) is 0 Å². The maximum Gasteiger partial charge on any atom is 0.143 e. The molecule has 0 N–H and O–H groups in total. The quantitative estimate of drug-likeness (QED) is 0.238. The molecule has 0 bridgehead atoms. The zero-order chi connectivity index (χ0) is 19.0. The predicted molar refractivity (Wildman–Crippen MR) is 114 cm³/mol. The van der Waals surface area contributed by atoms with Gasteiger partial charge in [0.1, 0.15) is 5.60 Å². The molecule has 0 radical (unpaired) electrons. The molecular formula is C26H28O. The van der Waals surface area contributed by atoms with Gasteiger partial charge in [0.2, 0.25) is 0 Å². The molecule has 1 atom stereocenters. The Morgan fingerprint density at radius 3 is 1.56 bits per heavy atom. The minimum atomic E-state index is -0.610. The van der Waals surface area contributed by atoms with Crippen LogP contribution in [0.5, 0.6) is 0 Å². The maximum atomic E-state index is 6.75. The topological polar surface area (TPSA) is 9.23 Å². The average molecular weight is 357 g/mol. The molecule has 0 aliphatic heterocycles. The van der Waals surface area contributed by atoms with Crippen LogP contribution in [-0.4, -0.2) is 6.61 Å². The minimum Gasteiger partial charge on any atom is -0.361 e. The molecule has 0 heterocycles. The minimum absolute atomic E-state index is 0.508. The summed E-state index contributed by atoms with van der Waals surface area (Å²) in [7, 11) is 0. The fraction of sp³-hybridized carbons (Fsp3) is 0.231. The Bertz CT molecular complexity index is 712. The van der Waals surface area contributed by atoms with Crippen LogP contribution in [0, 0.1) is 5.92 Å². The first kappa shape index (κ1) is 19.1. The second-order valence-electron chi connectivity index (χ2n) is 6.98. The van der Waals surface area contributed by atoms with E-state index in [1.165, 1.54) is 0 Å². The van der Waals surface area contributed by atoms with Crippen molar-refractivity contribution in [2.45, 2.75) is 25.4 Å². The zero-order valence-corrected chi connectivity index (χ0v) is 16.1. The molecule has 0 aliphatic carbocycles. The van der Waals surface area contributed by atoms with Crippen molar-refractivity contribution in [3.05, 3.63) is 120 Å². The fourth-order valence-electron chi connectivity index (χ4n) is 3.52. The van der Waals surface area contributed by atoms with E-state index >= 15 is 0 Å². The lowest BCUT2D eigenvalue weighted by atomic mass is 9.80. The molecule has 1 heteroatoms. The Hall–Kier alpha value is -2.64. The fourth-order valence-corrected chi connectivity index (χ4v) is 3.52. The molecule has 27 heavy (non-hydrogen) atoms. The lowest BCUT2D eigenvalue weighted by molar-refractivity contribution is 0.0100. The van der Waals surface area contributed by atoms with Gasteiger partial charge in [0.05, 0.1) is 0 Å². The van der Waals surface area contributed by atoms with Crippen LogP contribution in [0.4, 0.5) is 0 Å². The van der Waals surface area contributed by atoms with Gasteiger partial charge in [0.25, 0.3) is 0 Å². The Labute approximate surface area is 163 Å². The summed E-state index contributed by atoms with van der Waals surface area (Å²) in [5.41, 5.74) is 2.85. The predicted octanol–water partition coefficient (Wildman–Crippen LogP) is 6.60. The molecule has 3 aromatic rings. The van der Waals surface area contributed by atoms with E-state index in [2.05, 4.69) is 104 Å². The highest BCUT2D eigenvalue weighted by molar-refractivity contribution is 5.47. The van der Waals surface area contributed by atoms with Crippen molar-refractivity contribution in [3.63, 3.8) is 0 Å². The van der Waals surface area contributed by atoms with Crippen molar-refractivity contribution in [2.75, 3.05) is 6.61 Å². The van der Waals surface area contributed by atoms with Gasteiger partial charge < -0.3 is 4.74 Å². The van der Waals surface area contributed by atoms with Crippen LogP contribution >= 0.6 is 0 Å². The molecule has 0 saturated heterocycles. The number of ether oxygens (including phenoxy) is 1. The molecule has 1 nitrogen and oxygen atoms in total. The van der Waals surface area contributed by atoms with E-state index in [9.17, 15) is 0 Å². The Morgan fingerprint density at radius 1 is 0.778 bits per heavy atom. The molecule has 3 rings (SSSR count). The van der Waals surface area contributed by atoms with Gasteiger partial charge in [-0.2, -0.15) is 0 Å². The van der Waals surface area contributed by atoms with E-state index in [0.29, 0.717) is 12.5 Å². The number of benzene rings is 3. The van der Waals surface area contributed by atoms with Gasteiger partial charge in [-0.1, -0.05) is 104 Å². The third-order valence-electron chi connectivity index (χ3n) is 5.07. The maximum absolute atomic E-state index is 6.75. The van der Waals surface area contributed by atoms with Crippen LogP contribution in [0.3, 0.4) is 0 Å². The van der Waals surface area contributed by atoms with Crippen LogP contribution in [0.2, 0.25) is 0 Å². The number of hydrogen-bond acceptors (Lipinski definition) is 1. The summed E-state index contributed by atoms with van der Waals surface area (Å²) < 4.78 is 6.75. The van der Waals surface area contributed by atoms with Gasteiger partial charge in [-0.25, -0.2) is 0 Å². The van der Waals surface area contributed by atoms with E-state index in [1.54, 1.807) is 0 Å². The lowest BCUT2D eigenvalue weighted by Gasteiger charge is -2.36.